The molecule has 15 heteroatoms. The van der Waals surface area contributed by atoms with Gasteiger partial charge < -0.3 is 16.0 Å². The number of nitrogens with one attached hydrogen (secondary N) is 2. The molecule has 0 atom stereocenters. The summed E-state index contributed by atoms with van der Waals surface area (Å²) in [7, 11) is 0. The number of hydrogen-bond donors (Lipinski definition) is 4. The molecule has 0 unspecified atom stereocenters. The molecule has 4 heterocycles. The summed E-state index contributed by atoms with van der Waals surface area (Å²) in [6.45, 7) is 12.3. The molecule has 0 aliphatic rings. The molecule has 0 radical (unpaired) electrons. The van der Waals surface area contributed by atoms with E-state index in [0.29, 0.717) is 60.0 Å². The van der Waals surface area contributed by atoms with E-state index < -0.39 is 11.8 Å². The second-order valence-corrected chi connectivity index (χ2v) is 14.0. The highest BCUT2D eigenvalue weighted by molar-refractivity contribution is 6.04. The number of anilines is 1. The van der Waals surface area contributed by atoms with Gasteiger partial charge in [0, 0.05) is 42.4 Å². The quantitative estimate of drug-likeness (QED) is 0.0541. The lowest BCUT2D eigenvalue weighted by molar-refractivity contribution is -0.678. The number of rotatable bonds is 18. The van der Waals surface area contributed by atoms with Crippen LogP contribution in [0.2, 0.25) is 0 Å². The number of imidazole rings is 2. The number of aromatic amines is 1. The second-order valence-electron chi connectivity index (χ2n) is 14.0. The third-order valence-corrected chi connectivity index (χ3v) is 9.91. The van der Waals surface area contributed by atoms with Crippen molar-refractivity contribution in [1.82, 2.24) is 34.1 Å². The van der Waals surface area contributed by atoms with Crippen LogP contribution in [0.5, 0.6) is 0 Å². The Balaban J connectivity index is 1.12. The van der Waals surface area contributed by atoms with Crippen LogP contribution in [0.15, 0.2) is 42.5 Å². The highest BCUT2D eigenvalue weighted by Gasteiger charge is 2.26. The summed E-state index contributed by atoms with van der Waals surface area (Å²) in [6.07, 6.45) is 4.95. The first kappa shape index (κ1) is 38.6. The van der Waals surface area contributed by atoms with Crippen LogP contribution in [-0.2, 0) is 39.0 Å². The number of carbonyl (C=O) groups excluding carboxylic acids is 4. The number of aromatic nitrogens is 8. The fourth-order valence-electron chi connectivity index (χ4n) is 7.33. The Kier molecular flexibility index (Phi) is 11.6. The minimum absolute atomic E-state index is 0.0498. The van der Waals surface area contributed by atoms with Crippen LogP contribution in [0, 0.1) is 13.8 Å². The van der Waals surface area contributed by atoms with Crippen LogP contribution < -0.4 is 21.4 Å². The average Bonchev–Trinajstić information content (AvgIpc) is 3.89. The standard InChI is InChI=1S/C40H49N11O4/c1-6-17-48-31-15-13-26(37(41)53)21-29(31)43-35(48)23-34(52)33-20-24(4)46-51(33)19-11-9-10-12-28-25(5)47-50(8-3)36(28)39(55)45-40-44-30-22-27(38(42)54)14-16-32(30)49(40)18-7-2/h13-16,20-22H,6-12,17-19,23H2,1-5H3,(H5,41,42,44,45,53,54,55)/p+1. The van der Waals surface area contributed by atoms with E-state index in [2.05, 4.69) is 37.0 Å². The van der Waals surface area contributed by atoms with Gasteiger partial charge in [0.1, 0.15) is 17.8 Å². The zero-order chi connectivity index (χ0) is 39.4. The monoisotopic (exact) mass is 748 g/mol. The number of amides is 3. The molecule has 55 heavy (non-hydrogen) atoms. The molecule has 0 bridgehead atoms. The van der Waals surface area contributed by atoms with Gasteiger partial charge >= 0.3 is 0 Å². The number of carbonyl (C=O) groups is 4. The number of nitrogens with zero attached hydrogens (tertiary/aromatic N) is 7. The summed E-state index contributed by atoms with van der Waals surface area (Å²) in [5.41, 5.74) is 18.3. The van der Waals surface area contributed by atoms with E-state index in [0.717, 1.165) is 78.0 Å². The highest BCUT2D eigenvalue weighted by Crippen LogP contribution is 2.25. The van der Waals surface area contributed by atoms with Crippen molar-refractivity contribution in [2.75, 3.05) is 5.32 Å². The minimum Gasteiger partial charge on any atom is -0.366 e. The predicted octanol–water partition coefficient (Wildman–Crippen LogP) is 4.94. The summed E-state index contributed by atoms with van der Waals surface area (Å²) in [6, 6.07) is 12.2. The molecule has 0 aliphatic heterocycles. The zero-order valence-corrected chi connectivity index (χ0v) is 32.2. The summed E-state index contributed by atoms with van der Waals surface area (Å²) in [4.78, 5) is 59.3. The molecule has 288 valence electrons. The molecule has 0 saturated carbocycles. The number of fused-ring (bicyclic) bond motifs is 2. The summed E-state index contributed by atoms with van der Waals surface area (Å²) < 4.78 is 7.56. The van der Waals surface area contributed by atoms with E-state index in [1.165, 1.54) is 0 Å². The molecular formula is C40H50N11O4+. The SMILES string of the molecule is CCCn1c(NC(=O)c2c(CCCCCn3nc(C)cc3C(=O)Cc3[nH]c4cc(C(N)=O)ccc4[n+]3CCC)c(C)nn2CC)nc2cc(C(N)=O)ccc21. The maximum atomic E-state index is 13.9. The average molecular weight is 749 g/mol. The van der Waals surface area contributed by atoms with Crippen molar-refractivity contribution in [3.8, 4) is 0 Å². The van der Waals surface area contributed by atoms with E-state index in [-0.39, 0.29) is 18.1 Å². The molecule has 2 aromatic carbocycles. The number of ketones is 1. The fourth-order valence-corrected chi connectivity index (χ4v) is 7.33. The van der Waals surface area contributed by atoms with Crippen LogP contribution >= 0.6 is 0 Å². The molecule has 0 fully saturated rings. The summed E-state index contributed by atoms with van der Waals surface area (Å²) in [5, 5.41) is 12.4. The Hall–Kier alpha value is -6.12. The van der Waals surface area contributed by atoms with E-state index in [4.69, 9.17) is 11.5 Å². The van der Waals surface area contributed by atoms with Crippen LogP contribution in [0.1, 0.15) is 117 Å². The van der Waals surface area contributed by atoms with Crippen LogP contribution in [0.4, 0.5) is 5.95 Å². The van der Waals surface area contributed by atoms with Crippen molar-refractivity contribution in [3.63, 3.8) is 0 Å². The number of aryl methyl sites for hydroxylation is 6. The molecule has 4 aromatic heterocycles. The first-order valence-corrected chi connectivity index (χ1v) is 19.0. The Bertz CT molecular complexity index is 2410. The van der Waals surface area contributed by atoms with Crippen molar-refractivity contribution in [3.05, 3.63) is 87.8 Å². The molecule has 0 spiro atoms. The van der Waals surface area contributed by atoms with E-state index in [1.54, 1.807) is 39.7 Å². The maximum Gasteiger partial charge on any atom is 0.276 e. The Morgan fingerprint density at radius 2 is 1.60 bits per heavy atom. The third-order valence-electron chi connectivity index (χ3n) is 9.91. The van der Waals surface area contributed by atoms with E-state index in [9.17, 15) is 19.2 Å². The molecule has 6 rings (SSSR count). The van der Waals surface area contributed by atoms with Gasteiger partial charge in [-0.3, -0.25) is 33.9 Å². The molecule has 15 nitrogen and oxygen atoms in total. The Labute approximate surface area is 319 Å². The number of primary amides is 2. The Morgan fingerprint density at radius 3 is 2.31 bits per heavy atom. The Morgan fingerprint density at radius 1 is 0.855 bits per heavy atom. The van der Waals surface area contributed by atoms with Gasteiger partial charge in [0.05, 0.1) is 29.0 Å². The molecule has 0 aliphatic carbocycles. The summed E-state index contributed by atoms with van der Waals surface area (Å²) in [5.74, 6) is -0.223. The second kappa shape index (κ2) is 16.5. The van der Waals surface area contributed by atoms with Crippen molar-refractivity contribution in [2.45, 2.75) is 106 Å². The van der Waals surface area contributed by atoms with Crippen LogP contribution in [0.25, 0.3) is 22.1 Å². The minimum atomic E-state index is -0.539. The maximum absolute atomic E-state index is 13.9. The molecule has 3 amide bonds. The smallest absolute Gasteiger partial charge is 0.276 e. The number of Topliss-reactive ketones (excluding diaryl/α,β-unsaturated/α-hetero) is 1. The third kappa shape index (κ3) is 8.05. The number of H-pyrrole nitrogens is 1. The number of hydrogen-bond acceptors (Lipinski definition) is 7. The van der Waals surface area contributed by atoms with Gasteiger partial charge in [-0.1, -0.05) is 20.3 Å². The predicted molar refractivity (Wildman–Crippen MR) is 209 cm³/mol. The van der Waals surface area contributed by atoms with Gasteiger partial charge in [0.2, 0.25) is 17.8 Å². The van der Waals surface area contributed by atoms with Gasteiger partial charge in [-0.25, -0.2) is 14.5 Å². The number of unbranched alkanes of at least 4 members (excludes halogenated alkanes) is 2. The molecule has 0 saturated heterocycles. The highest BCUT2D eigenvalue weighted by atomic mass is 16.2. The fraction of sp³-hybridized carbons (Fsp3) is 0.400. The van der Waals surface area contributed by atoms with Crippen LogP contribution in [0.3, 0.4) is 0 Å². The van der Waals surface area contributed by atoms with Crippen molar-refractivity contribution in [1.29, 1.82) is 0 Å². The lowest BCUT2D eigenvalue weighted by Gasteiger charge is -2.11. The van der Waals surface area contributed by atoms with Gasteiger partial charge in [-0.05, 0) is 89.3 Å². The van der Waals surface area contributed by atoms with Crippen LogP contribution in [-0.4, -0.2) is 57.6 Å². The normalized spacial score (nSPS) is 11.5. The topological polar surface area (TPSA) is 205 Å². The summed E-state index contributed by atoms with van der Waals surface area (Å²) >= 11 is 0. The van der Waals surface area contributed by atoms with Crippen molar-refractivity contribution < 1.29 is 23.7 Å². The van der Waals surface area contributed by atoms with Gasteiger partial charge in [-0.2, -0.15) is 10.2 Å². The lowest BCUT2D eigenvalue weighted by Crippen LogP contribution is -2.38. The van der Waals surface area contributed by atoms with Gasteiger partial charge in [-0.15, -0.1) is 0 Å². The van der Waals surface area contributed by atoms with Gasteiger partial charge in [0.25, 0.3) is 11.7 Å². The first-order chi connectivity index (χ1) is 26.4. The van der Waals surface area contributed by atoms with E-state index >= 15 is 0 Å². The number of benzene rings is 2. The number of nitrogens with two attached hydrogens (primary N) is 2. The molecule has 6 aromatic rings. The van der Waals surface area contributed by atoms with Crippen molar-refractivity contribution >= 4 is 51.5 Å². The first-order valence-electron chi connectivity index (χ1n) is 19.0. The van der Waals surface area contributed by atoms with Crippen molar-refractivity contribution in [2.24, 2.45) is 11.5 Å². The van der Waals surface area contributed by atoms with Gasteiger partial charge in [0.15, 0.2) is 16.8 Å². The molecular weight excluding hydrogens is 699 g/mol. The molecule has 6 N–H and O–H groups in total. The zero-order valence-electron chi connectivity index (χ0n) is 32.2. The largest absolute Gasteiger partial charge is 0.366 e. The lowest BCUT2D eigenvalue weighted by atomic mass is 10.0. The van der Waals surface area contributed by atoms with E-state index in [1.807, 2.05) is 44.4 Å².